The van der Waals surface area contributed by atoms with Gasteiger partial charge in [0.25, 0.3) is 5.91 Å². The first kappa shape index (κ1) is 33.3. The monoisotopic (exact) mass is 692 g/mol. The molecule has 0 saturated heterocycles. The van der Waals surface area contributed by atoms with Crippen molar-refractivity contribution in [2.24, 2.45) is 29.1 Å². The first-order valence-corrected chi connectivity index (χ1v) is 19.2. The number of aliphatic hydroxyl groups is 1. The highest BCUT2D eigenvalue weighted by atomic mass is 35.5. The summed E-state index contributed by atoms with van der Waals surface area (Å²) >= 11 is 6.49. The zero-order valence-electron chi connectivity index (χ0n) is 27.6. The maximum Gasteiger partial charge on any atom is 0.264 e. The van der Waals surface area contributed by atoms with E-state index in [2.05, 4.69) is 31.7 Å². The molecule has 3 aliphatic carbocycles. The van der Waals surface area contributed by atoms with E-state index in [1.54, 1.807) is 25.3 Å². The lowest BCUT2D eigenvalue weighted by atomic mass is 9.61. The Kier molecular flexibility index (Phi) is 8.96. The second-order valence-corrected chi connectivity index (χ2v) is 17.2. The summed E-state index contributed by atoms with van der Waals surface area (Å²) in [5.41, 5.74) is 1.83. The van der Waals surface area contributed by atoms with Gasteiger partial charge in [0.15, 0.2) is 0 Å². The molecule has 2 bridgehead atoms. The summed E-state index contributed by atoms with van der Waals surface area (Å²) in [5, 5.41) is 12.4. The average Bonchev–Trinajstić information content (AvgIpc) is 3.19. The van der Waals surface area contributed by atoms with Crippen LogP contribution < -0.4 is 14.4 Å². The molecule has 11 heteroatoms. The number of amides is 1. The third kappa shape index (κ3) is 6.31. The number of sulfonamides is 1. The summed E-state index contributed by atoms with van der Waals surface area (Å²) in [6.07, 6.45) is 17.7. The zero-order chi connectivity index (χ0) is 33.7. The number of nitrogens with one attached hydrogen (secondary N) is 1. The standard InChI is InChI=1S/C37H45ClN4O5S/c1-24-5-3-15-37(44,19-30-13-16-39-23-40-30)32-10-7-28(32)20-42-21-36(14-4-6-26-17-29(38)9-11-31(26)36)22-47-34-12-8-27(18-33(34)42)35(43)41-48(45,46)25(24)2/h3,8-9,12-13,15-18,23-25,28,31-32,44H,4-7,10-11,14,19-22H2,1-2H3,(H,41,43)/b15-3+/t24-,25+,28-,31?,32+,36-,37+/m0/s1. The fourth-order valence-corrected chi connectivity index (χ4v) is 10.2. The predicted molar refractivity (Wildman–Crippen MR) is 186 cm³/mol. The minimum Gasteiger partial charge on any atom is -0.491 e. The van der Waals surface area contributed by atoms with Gasteiger partial charge in [0, 0.05) is 47.4 Å². The highest BCUT2D eigenvalue weighted by molar-refractivity contribution is 7.90. The van der Waals surface area contributed by atoms with Crippen molar-refractivity contribution in [1.82, 2.24) is 14.7 Å². The summed E-state index contributed by atoms with van der Waals surface area (Å²) < 4.78 is 35.8. The lowest BCUT2D eigenvalue weighted by Gasteiger charge is -2.50. The Morgan fingerprint density at radius 3 is 2.81 bits per heavy atom. The molecular weight excluding hydrogens is 648 g/mol. The van der Waals surface area contributed by atoms with E-state index in [0.29, 0.717) is 31.7 Å². The van der Waals surface area contributed by atoms with Crippen LogP contribution in [0.3, 0.4) is 0 Å². The van der Waals surface area contributed by atoms with Crippen LogP contribution in [0.4, 0.5) is 5.69 Å². The summed E-state index contributed by atoms with van der Waals surface area (Å²) in [6.45, 7) is 5.40. The van der Waals surface area contributed by atoms with Crippen LogP contribution in [0.25, 0.3) is 0 Å². The molecule has 2 fully saturated rings. The smallest absolute Gasteiger partial charge is 0.264 e. The van der Waals surface area contributed by atoms with Crippen LogP contribution in [0.2, 0.25) is 0 Å². The van der Waals surface area contributed by atoms with Crippen molar-refractivity contribution in [3.8, 4) is 5.75 Å². The molecule has 1 amide bonds. The normalized spacial score (nSPS) is 35.4. The maximum atomic E-state index is 13.5. The first-order valence-electron chi connectivity index (χ1n) is 17.3. The van der Waals surface area contributed by atoms with Gasteiger partial charge in [-0.15, -0.1) is 0 Å². The number of aromatic nitrogens is 2. The van der Waals surface area contributed by atoms with E-state index >= 15 is 0 Å². The quantitative estimate of drug-likeness (QED) is 0.370. The molecule has 1 unspecified atom stereocenters. The molecule has 48 heavy (non-hydrogen) atoms. The minimum atomic E-state index is -3.98. The van der Waals surface area contributed by atoms with Crippen molar-refractivity contribution in [3.05, 3.63) is 83.0 Å². The summed E-state index contributed by atoms with van der Waals surface area (Å²) in [7, 11) is -3.98. The number of halogens is 1. The molecule has 2 aliphatic heterocycles. The van der Waals surface area contributed by atoms with Gasteiger partial charge in [-0.2, -0.15) is 0 Å². The van der Waals surface area contributed by atoms with Crippen LogP contribution in [0.15, 0.2) is 71.7 Å². The molecule has 1 spiro atoms. The number of rotatable bonds is 2. The van der Waals surface area contributed by atoms with Gasteiger partial charge < -0.3 is 14.7 Å². The van der Waals surface area contributed by atoms with Gasteiger partial charge >= 0.3 is 0 Å². The SMILES string of the molecule is C[C@@H]1[C@@H](C)C/C=C/[C@@](O)(Cc2ccncn2)[C@@H]2CC[C@H]2CN2C[C@@]3(CCCC4=CC(Cl)=CCC43)COc3ccc(cc32)C(=O)NS1(=O)=O. The predicted octanol–water partition coefficient (Wildman–Crippen LogP) is 5.96. The zero-order valence-corrected chi connectivity index (χ0v) is 29.2. The molecule has 2 saturated carbocycles. The third-order valence-corrected chi connectivity index (χ3v) is 14.0. The number of carbonyl (C=O) groups excluding carboxylic acids is 1. The van der Waals surface area contributed by atoms with Crippen LogP contribution in [-0.2, 0) is 16.4 Å². The van der Waals surface area contributed by atoms with Gasteiger partial charge in [-0.25, -0.2) is 23.1 Å². The average molecular weight is 693 g/mol. The fraction of sp³-hybridized carbons (Fsp3) is 0.541. The molecule has 9 nitrogen and oxygen atoms in total. The van der Waals surface area contributed by atoms with Crippen molar-refractivity contribution in [2.45, 2.75) is 76.1 Å². The Labute approximate surface area is 288 Å². The van der Waals surface area contributed by atoms with Crippen molar-refractivity contribution in [2.75, 3.05) is 24.6 Å². The Bertz CT molecular complexity index is 1760. The van der Waals surface area contributed by atoms with Crippen LogP contribution in [0.5, 0.6) is 5.75 Å². The number of carbonyl (C=O) groups is 1. The van der Waals surface area contributed by atoms with Crippen molar-refractivity contribution < 1.29 is 23.1 Å². The number of nitrogens with zero attached hydrogens (tertiary/aromatic N) is 3. The van der Waals surface area contributed by atoms with E-state index in [4.69, 9.17) is 16.3 Å². The highest BCUT2D eigenvalue weighted by Gasteiger charge is 2.50. The third-order valence-electron chi connectivity index (χ3n) is 11.8. The molecule has 7 rings (SSSR count). The minimum absolute atomic E-state index is 0.0404. The Hall–Kier alpha value is -3.21. The number of fused-ring (bicyclic) bond motifs is 4. The van der Waals surface area contributed by atoms with E-state index in [1.807, 2.05) is 31.2 Å². The van der Waals surface area contributed by atoms with Gasteiger partial charge in [-0.05, 0) is 106 Å². The topological polar surface area (TPSA) is 122 Å². The van der Waals surface area contributed by atoms with Gasteiger partial charge in [-0.3, -0.25) is 4.79 Å². The van der Waals surface area contributed by atoms with Gasteiger partial charge in [0.1, 0.15) is 12.1 Å². The molecule has 1 aromatic carbocycles. The highest BCUT2D eigenvalue weighted by Crippen LogP contribution is 2.53. The molecular formula is C37H45ClN4O5S. The Balaban J connectivity index is 1.30. The molecule has 2 N–H and O–H groups in total. The number of ether oxygens (including phenoxy) is 1. The maximum absolute atomic E-state index is 13.5. The van der Waals surface area contributed by atoms with E-state index in [0.717, 1.165) is 61.5 Å². The lowest BCUT2D eigenvalue weighted by Crippen LogP contribution is -2.53. The van der Waals surface area contributed by atoms with Crippen LogP contribution in [-0.4, -0.2) is 59.9 Å². The van der Waals surface area contributed by atoms with Gasteiger partial charge in [0.05, 0.1) is 23.1 Å². The second kappa shape index (κ2) is 12.9. The van der Waals surface area contributed by atoms with Crippen LogP contribution >= 0.6 is 11.6 Å². The Morgan fingerprint density at radius 2 is 2.04 bits per heavy atom. The van der Waals surface area contributed by atoms with Crippen molar-refractivity contribution in [1.29, 1.82) is 0 Å². The van der Waals surface area contributed by atoms with Gasteiger partial charge in [-0.1, -0.05) is 42.3 Å². The van der Waals surface area contributed by atoms with E-state index < -0.39 is 26.8 Å². The first-order chi connectivity index (χ1) is 23.0. The molecule has 1 aromatic heterocycles. The fourth-order valence-electron chi connectivity index (χ4n) is 8.73. The second-order valence-electron chi connectivity index (χ2n) is 14.8. The summed E-state index contributed by atoms with van der Waals surface area (Å²) in [5.74, 6) is 0.156. The largest absolute Gasteiger partial charge is 0.491 e. The summed E-state index contributed by atoms with van der Waals surface area (Å²) in [4.78, 5) is 24.4. The molecule has 2 aromatic rings. The lowest BCUT2D eigenvalue weighted by molar-refractivity contribution is -0.0457. The molecule has 256 valence electrons. The van der Waals surface area contributed by atoms with Crippen molar-refractivity contribution >= 4 is 33.2 Å². The van der Waals surface area contributed by atoms with Crippen LogP contribution in [0, 0.1) is 29.1 Å². The van der Waals surface area contributed by atoms with Crippen LogP contribution in [0.1, 0.15) is 74.8 Å². The number of hydrogen-bond donors (Lipinski definition) is 2. The summed E-state index contributed by atoms with van der Waals surface area (Å²) in [6, 6.07) is 7.09. The number of benzene rings is 1. The molecule has 5 aliphatic rings. The molecule has 0 radical (unpaired) electrons. The molecule has 3 heterocycles. The number of anilines is 1. The van der Waals surface area contributed by atoms with E-state index in [-0.39, 0.29) is 34.7 Å². The van der Waals surface area contributed by atoms with E-state index in [9.17, 15) is 18.3 Å². The number of allylic oxidation sites excluding steroid dienone is 5. The van der Waals surface area contributed by atoms with Crippen molar-refractivity contribution in [3.63, 3.8) is 0 Å². The number of hydrogen-bond acceptors (Lipinski definition) is 8. The van der Waals surface area contributed by atoms with E-state index in [1.165, 1.54) is 11.9 Å². The van der Waals surface area contributed by atoms with Gasteiger partial charge in [0.2, 0.25) is 10.0 Å². The molecule has 7 atom stereocenters. The Morgan fingerprint density at radius 1 is 1.19 bits per heavy atom.